The maximum Gasteiger partial charge on any atom is 0.273 e. The number of fused-ring (bicyclic) bond motifs is 2. The van der Waals surface area contributed by atoms with Crippen molar-refractivity contribution in [2.75, 3.05) is 6.54 Å². The van der Waals surface area contributed by atoms with Crippen LogP contribution in [0.1, 0.15) is 67.0 Å². The largest absolute Gasteiger partial charge is 0.446 e. The summed E-state index contributed by atoms with van der Waals surface area (Å²) in [5.74, 6) is -1.40. The molecule has 1 aliphatic heterocycles. The zero-order valence-corrected chi connectivity index (χ0v) is 22.3. The smallest absolute Gasteiger partial charge is 0.273 e. The van der Waals surface area contributed by atoms with Crippen LogP contribution in [0.2, 0.25) is 0 Å². The van der Waals surface area contributed by atoms with Crippen molar-refractivity contribution in [2.45, 2.75) is 70.1 Å². The average Bonchev–Trinajstić information content (AvgIpc) is 3.65. The van der Waals surface area contributed by atoms with Crippen LogP contribution in [0.15, 0.2) is 53.7 Å². The van der Waals surface area contributed by atoms with E-state index in [1.807, 2.05) is 30.3 Å². The van der Waals surface area contributed by atoms with E-state index in [-0.39, 0.29) is 35.7 Å². The topological polar surface area (TPSA) is 173 Å². The van der Waals surface area contributed by atoms with Crippen molar-refractivity contribution in [1.82, 2.24) is 41.0 Å². The molecule has 1 aromatic carbocycles. The van der Waals surface area contributed by atoms with E-state index < -0.39 is 24.0 Å². The van der Waals surface area contributed by atoms with Crippen molar-refractivity contribution in [3.05, 3.63) is 66.4 Å². The van der Waals surface area contributed by atoms with Gasteiger partial charge in [-0.3, -0.25) is 23.9 Å². The molecule has 0 saturated heterocycles. The third-order valence-electron chi connectivity index (χ3n) is 6.52. The number of carbonyl (C=O) groups is 4. The van der Waals surface area contributed by atoms with Crippen LogP contribution in [0.5, 0.6) is 0 Å². The number of hydrogen-bond donors (Lipinski definition) is 4. The Morgan fingerprint density at radius 3 is 2.73 bits per heavy atom. The van der Waals surface area contributed by atoms with E-state index in [2.05, 4.69) is 36.3 Å². The molecule has 0 unspecified atom stereocenters. The van der Waals surface area contributed by atoms with E-state index in [9.17, 15) is 19.2 Å². The van der Waals surface area contributed by atoms with E-state index in [0.29, 0.717) is 45.2 Å². The van der Waals surface area contributed by atoms with E-state index in [1.54, 1.807) is 17.9 Å². The number of amides is 4. The summed E-state index contributed by atoms with van der Waals surface area (Å²) in [4.78, 5) is 59.8. The quantitative estimate of drug-likeness (QED) is 0.338. The first-order chi connectivity index (χ1) is 19.4. The molecule has 3 heterocycles. The second kappa shape index (κ2) is 14.0. The number of rotatable bonds is 7. The van der Waals surface area contributed by atoms with Crippen molar-refractivity contribution in [3.8, 4) is 0 Å². The van der Waals surface area contributed by atoms with E-state index in [1.165, 1.54) is 12.6 Å². The molecule has 0 saturated carbocycles. The Balaban J connectivity index is 1.43. The fourth-order valence-electron chi connectivity index (χ4n) is 4.35. The number of nitrogens with zero attached hydrogens (tertiary/aromatic N) is 4. The standard InChI is InChI=1S/C27H34N8O5/c1-18-27-34-22(15-40-27)26(39)33-21(14-19-8-3-2-4-9-19)24(37)29-12-6-5-10-20(25(38)31-18)32-23(36)11-7-13-35-17-28-16-30-35/h2-4,8-9,15-18,20-21H,5-7,10-14H2,1H3,(H,29,37)(H,31,38)(H,32,36)(H,33,39)/t18-,20-,21-/m0/s1. The van der Waals surface area contributed by atoms with Crippen LogP contribution in [-0.2, 0) is 27.3 Å². The van der Waals surface area contributed by atoms with Crippen LogP contribution < -0.4 is 21.3 Å². The minimum atomic E-state index is -0.815. The highest BCUT2D eigenvalue weighted by Crippen LogP contribution is 2.14. The molecule has 40 heavy (non-hydrogen) atoms. The predicted octanol–water partition coefficient (Wildman–Crippen LogP) is 1.05. The highest BCUT2D eigenvalue weighted by atomic mass is 16.3. The maximum atomic E-state index is 13.1. The van der Waals surface area contributed by atoms with Gasteiger partial charge in [0.2, 0.25) is 23.6 Å². The van der Waals surface area contributed by atoms with Gasteiger partial charge in [0.25, 0.3) is 5.91 Å². The summed E-state index contributed by atoms with van der Waals surface area (Å²) >= 11 is 0. The summed E-state index contributed by atoms with van der Waals surface area (Å²) in [7, 11) is 0. The highest BCUT2D eigenvalue weighted by molar-refractivity contribution is 5.96. The fraction of sp³-hybridized carbons (Fsp3) is 0.444. The Morgan fingerprint density at radius 1 is 1.12 bits per heavy atom. The lowest BCUT2D eigenvalue weighted by molar-refractivity contribution is -0.129. The molecule has 3 atom stereocenters. The van der Waals surface area contributed by atoms with Gasteiger partial charge in [0.15, 0.2) is 5.69 Å². The molecule has 0 radical (unpaired) electrons. The SMILES string of the molecule is C[C@@H]1NC(=O)[C@@H](NC(=O)CCCn2cncn2)CCCCNC(=O)[C@H](Cc2ccccc2)NC(=O)c2coc1n2. The van der Waals surface area contributed by atoms with Crippen LogP contribution in [0, 0.1) is 0 Å². The van der Waals surface area contributed by atoms with E-state index >= 15 is 0 Å². The Bertz CT molecular complexity index is 1280. The molecule has 2 aromatic heterocycles. The molecule has 0 spiro atoms. The molecule has 0 aliphatic carbocycles. The van der Waals surface area contributed by atoms with Gasteiger partial charge in [-0.25, -0.2) is 9.97 Å². The lowest BCUT2D eigenvalue weighted by atomic mass is 10.0. The summed E-state index contributed by atoms with van der Waals surface area (Å²) in [5.41, 5.74) is 0.890. The molecular formula is C27H34N8O5. The highest BCUT2D eigenvalue weighted by Gasteiger charge is 2.27. The number of hydrogen-bond acceptors (Lipinski definition) is 8. The predicted molar refractivity (Wildman–Crippen MR) is 143 cm³/mol. The van der Waals surface area contributed by atoms with Crippen molar-refractivity contribution in [2.24, 2.45) is 0 Å². The fourth-order valence-corrected chi connectivity index (χ4v) is 4.35. The molecule has 4 amide bonds. The Hall–Kier alpha value is -4.55. The van der Waals surface area contributed by atoms with Crippen LogP contribution >= 0.6 is 0 Å². The summed E-state index contributed by atoms with van der Waals surface area (Å²) in [5, 5.41) is 15.3. The van der Waals surface area contributed by atoms with Gasteiger partial charge in [0.05, 0.1) is 0 Å². The van der Waals surface area contributed by atoms with Crippen LogP contribution in [0.3, 0.4) is 0 Å². The molecule has 4 rings (SSSR count). The van der Waals surface area contributed by atoms with Gasteiger partial charge in [0.1, 0.15) is 37.0 Å². The number of oxazole rings is 1. The first-order valence-corrected chi connectivity index (χ1v) is 13.4. The number of carbonyl (C=O) groups excluding carboxylic acids is 4. The first kappa shape index (κ1) is 28.5. The summed E-state index contributed by atoms with van der Waals surface area (Å²) < 4.78 is 7.11. The van der Waals surface area contributed by atoms with Crippen molar-refractivity contribution >= 4 is 23.6 Å². The van der Waals surface area contributed by atoms with E-state index in [4.69, 9.17) is 4.42 Å². The molecule has 4 N–H and O–H groups in total. The minimum Gasteiger partial charge on any atom is -0.446 e. The minimum absolute atomic E-state index is 0.00807. The van der Waals surface area contributed by atoms with Gasteiger partial charge in [-0.1, -0.05) is 30.3 Å². The monoisotopic (exact) mass is 550 g/mol. The number of nitrogens with one attached hydrogen (secondary N) is 4. The Kier molecular flexibility index (Phi) is 9.97. The van der Waals surface area contributed by atoms with Gasteiger partial charge in [-0.05, 0) is 38.2 Å². The summed E-state index contributed by atoms with van der Waals surface area (Å²) in [6.45, 7) is 2.56. The van der Waals surface area contributed by atoms with Crippen LogP contribution in [0.4, 0.5) is 0 Å². The zero-order valence-electron chi connectivity index (χ0n) is 22.3. The zero-order chi connectivity index (χ0) is 28.3. The molecule has 1 aliphatic rings. The van der Waals surface area contributed by atoms with Gasteiger partial charge in [-0.2, -0.15) is 5.10 Å². The van der Waals surface area contributed by atoms with Gasteiger partial charge in [0, 0.05) is 25.9 Å². The van der Waals surface area contributed by atoms with Gasteiger partial charge >= 0.3 is 0 Å². The molecule has 3 aromatic rings. The number of aryl methyl sites for hydroxylation is 1. The normalized spacial score (nSPS) is 20.7. The molecule has 13 nitrogen and oxygen atoms in total. The lowest BCUT2D eigenvalue weighted by Gasteiger charge is -2.21. The maximum absolute atomic E-state index is 13.1. The molecule has 0 fully saturated rings. The second-order valence-electron chi connectivity index (χ2n) is 9.69. The van der Waals surface area contributed by atoms with Gasteiger partial charge < -0.3 is 25.7 Å². The summed E-state index contributed by atoms with van der Waals surface area (Å²) in [6, 6.07) is 7.15. The number of aromatic nitrogens is 4. The Morgan fingerprint density at radius 2 is 1.95 bits per heavy atom. The molecule has 212 valence electrons. The third kappa shape index (κ3) is 8.22. The van der Waals surface area contributed by atoms with Gasteiger partial charge in [-0.15, -0.1) is 0 Å². The number of benzene rings is 1. The second-order valence-corrected chi connectivity index (χ2v) is 9.69. The van der Waals surface area contributed by atoms with Crippen LogP contribution in [-0.4, -0.2) is 62.0 Å². The molecule has 2 bridgehead atoms. The Labute approximate surface area is 231 Å². The van der Waals surface area contributed by atoms with Crippen LogP contribution in [0.25, 0.3) is 0 Å². The lowest BCUT2D eigenvalue weighted by Crippen LogP contribution is -2.49. The van der Waals surface area contributed by atoms with Crippen molar-refractivity contribution in [1.29, 1.82) is 0 Å². The van der Waals surface area contributed by atoms with Crippen molar-refractivity contribution < 1.29 is 23.6 Å². The molecule has 13 heteroatoms. The van der Waals surface area contributed by atoms with E-state index in [0.717, 1.165) is 5.56 Å². The third-order valence-corrected chi connectivity index (χ3v) is 6.52. The van der Waals surface area contributed by atoms with Crippen molar-refractivity contribution in [3.63, 3.8) is 0 Å². The first-order valence-electron chi connectivity index (χ1n) is 13.4. The molecular weight excluding hydrogens is 516 g/mol. The average molecular weight is 551 g/mol. The summed E-state index contributed by atoms with van der Waals surface area (Å²) in [6.07, 6.45) is 6.80.